The third-order valence-corrected chi connectivity index (χ3v) is 5.27. The lowest BCUT2D eigenvalue weighted by molar-refractivity contribution is -0.120. The number of nitrogens with zero attached hydrogens (tertiary/aromatic N) is 1. The van der Waals surface area contributed by atoms with Crippen LogP contribution in [-0.4, -0.2) is 37.7 Å². The van der Waals surface area contributed by atoms with E-state index in [2.05, 4.69) is 0 Å². The molecule has 0 radical (unpaired) electrons. The Morgan fingerprint density at radius 1 is 1.09 bits per heavy atom. The molecule has 0 bridgehead atoms. The SMILES string of the molecule is CN1C(=O)COc2ccc(C(=O)COc3ccc4occ(C(=O)c5ccco5)c4c3)cc21. The Labute approximate surface area is 181 Å². The van der Waals surface area contributed by atoms with Crippen LogP contribution in [0.4, 0.5) is 5.69 Å². The summed E-state index contributed by atoms with van der Waals surface area (Å²) in [5.41, 5.74) is 1.79. The van der Waals surface area contributed by atoms with E-state index in [1.807, 2.05) is 0 Å². The number of furan rings is 2. The number of likely N-dealkylation sites (N-methyl/N-ethyl adjacent to an activating group) is 1. The lowest BCUT2D eigenvalue weighted by atomic mass is 10.1. The number of ketones is 2. The maximum atomic E-state index is 12.7. The van der Waals surface area contributed by atoms with Gasteiger partial charge in [0.25, 0.3) is 5.91 Å². The summed E-state index contributed by atoms with van der Waals surface area (Å²) in [5, 5.41) is 0.558. The minimum atomic E-state index is -0.308. The fraction of sp³-hybridized carbons (Fsp3) is 0.125. The van der Waals surface area contributed by atoms with E-state index in [-0.39, 0.29) is 36.4 Å². The molecule has 0 atom stereocenters. The number of hydrogen-bond donors (Lipinski definition) is 0. The lowest BCUT2D eigenvalue weighted by Crippen LogP contribution is -2.35. The number of benzene rings is 2. The number of hydrogen-bond acceptors (Lipinski definition) is 7. The minimum Gasteiger partial charge on any atom is -0.485 e. The first-order chi connectivity index (χ1) is 15.5. The molecule has 8 heteroatoms. The van der Waals surface area contributed by atoms with Crippen LogP contribution in [0.25, 0.3) is 11.0 Å². The molecular weight excluding hydrogens is 414 g/mol. The van der Waals surface area contributed by atoms with Crippen molar-refractivity contribution in [2.24, 2.45) is 0 Å². The molecule has 8 nitrogen and oxygen atoms in total. The molecule has 1 aliphatic rings. The normalized spacial score (nSPS) is 13.0. The molecule has 0 fully saturated rings. The quantitative estimate of drug-likeness (QED) is 0.427. The molecule has 2 aromatic heterocycles. The van der Waals surface area contributed by atoms with Crippen LogP contribution in [0.2, 0.25) is 0 Å². The minimum absolute atomic E-state index is 0.0270. The Hall–Kier alpha value is -4.33. The van der Waals surface area contributed by atoms with E-state index < -0.39 is 0 Å². The first kappa shape index (κ1) is 19.6. The highest BCUT2D eigenvalue weighted by Gasteiger charge is 2.24. The van der Waals surface area contributed by atoms with Gasteiger partial charge < -0.3 is 23.2 Å². The molecule has 3 heterocycles. The highest BCUT2D eigenvalue weighted by atomic mass is 16.5. The molecule has 0 aliphatic carbocycles. The van der Waals surface area contributed by atoms with Gasteiger partial charge in [0.2, 0.25) is 5.78 Å². The number of anilines is 1. The predicted octanol–water partition coefficient (Wildman–Crippen LogP) is 3.87. The van der Waals surface area contributed by atoms with Crippen molar-refractivity contribution in [3.05, 3.63) is 77.9 Å². The van der Waals surface area contributed by atoms with Gasteiger partial charge in [0.1, 0.15) is 23.3 Å². The Balaban J connectivity index is 1.34. The molecule has 5 rings (SSSR count). The fourth-order valence-corrected chi connectivity index (χ4v) is 3.49. The summed E-state index contributed by atoms with van der Waals surface area (Å²) in [6.45, 7) is -0.247. The van der Waals surface area contributed by atoms with Crippen molar-refractivity contribution in [1.29, 1.82) is 0 Å². The zero-order chi connectivity index (χ0) is 22.2. The number of ether oxygens (including phenoxy) is 2. The van der Waals surface area contributed by atoms with Crippen molar-refractivity contribution in [1.82, 2.24) is 0 Å². The molecule has 160 valence electrons. The van der Waals surface area contributed by atoms with Crippen molar-refractivity contribution in [3.63, 3.8) is 0 Å². The third kappa shape index (κ3) is 3.41. The lowest BCUT2D eigenvalue weighted by Gasteiger charge is -2.26. The van der Waals surface area contributed by atoms with Crippen LogP contribution in [0.5, 0.6) is 11.5 Å². The predicted molar refractivity (Wildman–Crippen MR) is 114 cm³/mol. The number of fused-ring (bicyclic) bond motifs is 2. The van der Waals surface area contributed by atoms with E-state index in [9.17, 15) is 14.4 Å². The van der Waals surface area contributed by atoms with Crippen LogP contribution in [0.1, 0.15) is 26.5 Å². The molecule has 4 aromatic rings. The Bertz CT molecular complexity index is 1350. The van der Waals surface area contributed by atoms with Crippen molar-refractivity contribution in [3.8, 4) is 11.5 Å². The van der Waals surface area contributed by atoms with Crippen molar-refractivity contribution in [2.75, 3.05) is 25.2 Å². The van der Waals surface area contributed by atoms with Crippen LogP contribution in [0, 0.1) is 0 Å². The van der Waals surface area contributed by atoms with Gasteiger partial charge in [-0.05, 0) is 48.5 Å². The van der Waals surface area contributed by atoms with Crippen LogP contribution in [0.15, 0.2) is 69.9 Å². The van der Waals surface area contributed by atoms with Crippen molar-refractivity contribution in [2.45, 2.75) is 0 Å². The van der Waals surface area contributed by atoms with E-state index in [1.165, 1.54) is 17.4 Å². The summed E-state index contributed by atoms with van der Waals surface area (Å²) >= 11 is 0. The van der Waals surface area contributed by atoms with Gasteiger partial charge in [-0.3, -0.25) is 14.4 Å². The number of carbonyl (C=O) groups excluding carboxylic acids is 3. The molecular formula is C24H17NO7. The second kappa shape index (κ2) is 7.73. The van der Waals surface area contributed by atoms with E-state index in [1.54, 1.807) is 55.6 Å². The van der Waals surface area contributed by atoms with Gasteiger partial charge in [-0.15, -0.1) is 0 Å². The molecule has 0 spiro atoms. The number of amides is 1. The highest BCUT2D eigenvalue weighted by molar-refractivity contribution is 6.14. The molecule has 32 heavy (non-hydrogen) atoms. The second-order valence-corrected chi connectivity index (χ2v) is 7.25. The van der Waals surface area contributed by atoms with Gasteiger partial charge in [-0.25, -0.2) is 0 Å². The summed E-state index contributed by atoms with van der Waals surface area (Å²) in [7, 11) is 1.64. The van der Waals surface area contributed by atoms with Gasteiger partial charge in [-0.2, -0.15) is 0 Å². The molecule has 1 aliphatic heterocycles. The smallest absolute Gasteiger partial charge is 0.264 e. The van der Waals surface area contributed by atoms with E-state index in [4.69, 9.17) is 18.3 Å². The van der Waals surface area contributed by atoms with Gasteiger partial charge in [0.15, 0.2) is 24.8 Å². The molecule has 1 amide bonds. The van der Waals surface area contributed by atoms with Crippen LogP contribution in [0.3, 0.4) is 0 Å². The van der Waals surface area contributed by atoms with Gasteiger partial charge in [0.05, 0.1) is 17.5 Å². The maximum absolute atomic E-state index is 12.7. The number of carbonyl (C=O) groups is 3. The molecule has 2 aromatic carbocycles. The first-order valence-corrected chi connectivity index (χ1v) is 9.80. The zero-order valence-electron chi connectivity index (χ0n) is 17.0. The number of rotatable bonds is 6. The summed E-state index contributed by atoms with van der Waals surface area (Å²) in [6.07, 6.45) is 2.80. The monoisotopic (exact) mass is 431 g/mol. The maximum Gasteiger partial charge on any atom is 0.264 e. The Morgan fingerprint density at radius 2 is 1.97 bits per heavy atom. The molecule has 0 N–H and O–H groups in total. The van der Waals surface area contributed by atoms with Crippen LogP contribution in [-0.2, 0) is 4.79 Å². The molecule has 0 saturated heterocycles. The van der Waals surface area contributed by atoms with E-state index >= 15 is 0 Å². The van der Waals surface area contributed by atoms with Crippen molar-refractivity contribution < 1.29 is 32.7 Å². The van der Waals surface area contributed by atoms with Gasteiger partial charge in [-0.1, -0.05) is 0 Å². The first-order valence-electron chi connectivity index (χ1n) is 9.80. The van der Waals surface area contributed by atoms with Crippen molar-refractivity contribution >= 4 is 34.1 Å². The Morgan fingerprint density at radius 3 is 2.78 bits per heavy atom. The average Bonchev–Trinajstić information content (AvgIpc) is 3.49. The highest BCUT2D eigenvalue weighted by Crippen LogP contribution is 2.32. The fourth-order valence-electron chi connectivity index (χ4n) is 3.49. The van der Waals surface area contributed by atoms with E-state index in [0.29, 0.717) is 39.3 Å². The molecule has 0 unspecified atom stereocenters. The second-order valence-electron chi connectivity index (χ2n) is 7.25. The summed E-state index contributed by atoms with van der Waals surface area (Å²) in [6, 6.07) is 13.1. The largest absolute Gasteiger partial charge is 0.485 e. The van der Waals surface area contributed by atoms with E-state index in [0.717, 1.165) is 0 Å². The van der Waals surface area contributed by atoms with Gasteiger partial charge >= 0.3 is 0 Å². The van der Waals surface area contributed by atoms with Gasteiger partial charge in [0, 0.05) is 18.0 Å². The van der Waals surface area contributed by atoms with Crippen LogP contribution >= 0.6 is 0 Å². The third-order valence-electron chi connectivity index (χ3n) is 5.27. The molecule has 0 saturated carbocycles. The Kier molecular flexibility index (Phi) is 4.74. The topological polar surface area (TPSA) is 99.2 Å². The average molecular weight is 431 g/mol. The number of Topliss-reactive ketones (excluding diaryl/α,β-unsaturated/α-hetero) is 1. The zero-order valence-corrected chi connectivity index (χ0v) is 17.0. The van der Waals surface area contributed by atoms with Crippen LogP contribution < -0.4 is 14.4 Å². The summed E-state index contributed by atoms with van der Waals surface area (Å²) < 4.78 is 21.7. The summed E-state index contributed by atoms with van der Waals surface area (Å²) in [4.78, 5) is 38.6. The summed E-state index contributed by atoms with van der Waals surface area (Å²) in [5.74, 6) is 0.397. The standard InChI is InChI=1S/C24H17NO7/c1-25-18-9-14(4-6-21(18)32-13-23(25)27)19(26)12-30-15-5-7-20-16(10-15)17(11-31-20)24(28)22-3-2-8-29-22/h2-11H,12-13H2,1H3.